The second-order valence-corrected chi connectivity index (χ2v) is 8.61. The quantitative estimate of drug-likeness (QED) is 0.593. The van der Waals surface area contributed by atoms with E-state index in [1.165, 1.54) is 43.2 Å². The Morgan fingerprint density at radius 2 is 1.65 bits per heavy atom. The zero-order chi connectivity index (χ0) is 21.9. The molecule has 0 aliphatic carbocycles. The lowest BCUT2D eigenvalue weighted by Crippen LogP contribution is -2.37. The monoisotopic (exact) mass is 426 g/mol. The van der Waals surface area contributed by atoms with Gasteiger partial charge in [0.25, 0.3) is 0 Å². The van der Waals surface area contributed by atoms with Crippen LogP contribution >= 0.6 is 0 Å². The number of hydrogen-bond donors (Lipinski definition) is 2. The Kier molecular flexibility index (Phi) is 9.66. The van der Waals surface area contributed by atoms with Crippen LogP contribution in [0.15, 0.2) is 42.5 Å². The number of methoxy groups -OCH3 is 1. The molecule has 0 amide bonds. The lowest BCUT2D eigenvalue weighted by Gasteiger charge is -2.26. The third-order valence-corrected chi connectivity index (χ3v) is 5.82. The third kappa shape index (κ3) is 8.17. The molecule has 0 unspecified atom stereocenters. The maximum Gasteiger partial charge on any atom is 0.161 e. The van der Waals surface area contributed by atoms with E-state index < -0.39 is 6.10 Å². The lowest BCUT2D eigenvalue weighted by molar-refractivity contribution is 0.0645. The molecule has 31 heavy (non-hydrogen) atoms. The number of hydrogen-bond acceptors (Lipinski definition) is 5. The topological polar surface area (TPSA) is 54.0 Å². The molecule has 1 aliphatic rings. The van der Waals surface area contributed by atoms with Crippen molar-refractivity contribution < 1.29 is 14.6 Å². The van der Waals surface area contributed by atoms with Crippen LogP contribution in [-0.2, 0) is 13.1 Å². The number of nitrogens with zero attached hydrogens (tertiary/aromatic N) is 1. The number of rotatable bonds is 10. The summed E-state index contributed by atoms with van der Waals surface area (Å²) in [7, 11) is 1.66. The van der Waals surface area contributed by atoms with E-state index in [9.17, 15) is 5.11 Å². The average Bonchev–Trinajstić information content (AvgIpc) is 2.74. The highest BCUT2D eigenvalue weighted by atomic mass is 16.5. The van der Waals surface area contributed by atoms with Gasteiger partial charge in [-0.05, 0) is 56.1 Å². The minimum atomic E-state index is -0.500. The summed E-state index contributed by atoms with van der Waals surface area (Å²) >= 11 is 0. The van der Waals surface area contributed by atoms with Crippen LogP contribution < -0.4 is 14.8 Å². The Hall–Kier alpha value is -2.08. The van der Waals surface area contributed by atoms with Gasteiger partial charge in [0, 0.05) is 19.6 Å². The van der Waals surface area contributed by atoms with Gasteiger partial charge < -0.3 is 24.8 Å². The molecule has 5 nitrogen and oxygen atoms in total. The SMILES string of the molecule is COc1cc(CNCc2cccc(C)c2)ccc1OC[C@H](O)CN1CCCCCCC1. The van der Waals surface area contributed by atoms with E-state index in [2.05, 4.69) is 41.4 Å². The second-order valence-electron chi connectivity index (χ2n) is 8.61. The fourth-order valence-corrected chi connectivity index (χ4v) is 4.15. The van der Waals surface area contributed by atoms with Crippen molar-refractivity contribution in [1.29, 1.82) is 0 Å². The van der Waals surface area contributed by atoms with Gasteiger partial charge in [0.2, 0.25) is 0 Å². The van der Waals surface area contributed by atoms with Gasteiger partial charge in [-0.1, -0.05) is 55.2 Å². The van der Waals surface area contributed by atoms with E-state index in [0.29, 0.717) is 18.0 Å². The maximum absolute atomic E-state index is 10.5. The zero-order valence-electron chi connectivity index (χ0n) is 19.1. The molecule has 3 rings (SSSR count). The van der Waals surface area contributed by atoms with Gasteiger partial charge in [0.15, 0.2) is 11.5 Å². The van der Waals surface area contributed by atoms with Crippen LogP contribution in [0, 0.1) is 6.92 Å². The molecule has 2 aromatic carbocycles. The van der Waals surface area contributed by atoms with Crippen molar-refractivity contribution >= 4 is 0 Å². The molecule has 1 saturated heterocycles. The van der Waals surface area contributed by atoms with E-state index in [1.807, 2.05) is 18.2 Å². The molecule has 1 heterocycles. The fraction of sp³-hybridized carbons (Fsp3) is 0.538. The van der Waals surface area contributed by atoms with Crippen molar-refractivity contribution in [2.45, 2.75) is 58.2 Å². The first-order valence-electron chi connectivity index (χ1n) is 11.6. The molecule has 170 valence electrons. The molecule has 0 radical (unpaired) electrons. The highest BCUT2D eigenvalue weighted by Crippen LogP contribution is 2.28. The summed E-state index contributed by atoms with van der Waals surface area (Å²) in [6.45, 7) is 6.78. The summed E-state index contributed by atoms with van der Waals surface area (Å²) in [6, 6.07) is 14.5. The van der Waals surface area contributed by atoms with Crippen LogP contribution in [-0.4, -0.2) is 49.5 Å². The minimum absolute atomic E-state index is 0.276. The fourth-order valence-electron chi connectivity index (χ4n) is 4.15. The van der Waals surface area contributed by atoms with Crippen LogP contribution in [0.5, 0.6) is 11.5 Å². The van der Waals surface area contributed by atoms with Crippen molar-refractivity contribution in [2.24, 2.45) is 0 Å². The van der Waals surface area contributed by atoms with Gasteiger partial charge in [-0.15, -0.1) is 0 Å². The number of likely N-dealkylation sites (tertiary alicyclic amines) is 1. The molecular weight excluding hydrogens is 388 g/mol. The van der Waals surface area contributed by atoms with Gasteiger partial charge in [0.05, 0.1) is 7.11 Å². The number of aliphatic hydroxyl groups is 1. The summed E-state index contributed by atoms with van der Waals surface area (Å²) < 4.78 is 11.4. The highest BCUT2D eigenvalue weighted by molar-refractivity contribution is 5.43. The molecule has 2 N–H and O–H groups in total. The van der Waals surface area contributed by atoms with Crippen LogP contribution in [0.3, 0.4) is 0 Å². The Balaban J connectivity index is 1.46. The average molecular weight is 427 g/mol. The molecule has 5 heteroatoms. The molecule has 0 bridgehead atoms. The molecule has 1 atom stereocenters. The number of aliphatic hydroxyl groups excluding tert-OH is 1. The summed E-state index contributed by atoms with van der Waals surface area (Å²) in [5.74, 6) is 1.38. The van der Waals surface area contributed by atoms with E-state index in [1.54, 1.807) is 7.11 Å². The first-order valence-corrected chi connectivity index (χ1v) is 11.6. The van der Waals surface area contributed by atoms with E-state index >= 15 is 0 Å². The van der Waals surface area contributed by atoms with Crippen LogP contribution in [0.1, 0.15) is 48.8 Å². The standard InChI is InChI=1S/C26H38N2O3/c1-21-9-8-10-22(15-21)17-27-18-23-11-12-25(26(16-23)30-2)31-20-24(29)19-28-13-6-4-3-5-7-14-28/h8-12,15-16,24,27,29H,3-7,13-14,17-20H2,1-2H3/t24-/m1/s1. The predicted octanol–water partition coefficient (Wildman–Crippen LogP) is 4.30. The normalized spacial score (nSPS) is 16.4. The number of nitrogens with one attached hydrogen (secondary N) is 1. The molecule has 2 aromatic rings. The van der Waals surface area contributed by atoms with Gasteiger partial charge in [-0.2, -0.15) is 0 Å². The Bertz CT molecular complexity index is 788. The molecule has 1 fully saturated rings. The number of benzene rings is 2. The first kappa shape index (κ1) is 23.6. The third-order valence-electron chi connectivity index (χ3n) is 5.82. The number of β-amino-alcohol motifs (C(OH)–C–C–N with tert-alkyl or cyclic N) is 1. The Labute approximate surface area is 187 Å². The zero-order valence-corrected chi connectivity index (χ0v) is 19.1. The molecule has 1 aliphatic heterocycles. The Morgan fingerprint density at radius 3 is 2.35 bits per heavy atom. The van der Waals surface area contributed by atoms with Crippen molar-refractivity contribution in [3.63, 3.8) is 0 Å². The minimum Gasteiger partial charge on any atom is -0.493 e. The van der Waals surface area contributed by atoms with E-state index in [4.69, 9.17) is 9.47 Å². The Morgan fingerprint density at radius 1 is 0.935 bits per heavy atom. The summed E-state index contributed by atoms with van der Waals surface area (Å²) in [5.41, 5.74) is 3.69. The molecule has 0 spiro atoms. The summed E-state index contributed by atoms with van der Waals surface area (Å²) in [6.07, 6.45) is 5.89. The van der Waals surface area contributed by atoms with E-state index in [0.717, 1.165) is 31.7 Å². The van der Waals surface area contributed by atoms with Crippen LogP contribution in [0.4, 0.5) is 0 Å². The largest absolute Gasteiger partial charge is 0.493 e. The smallest absolute Gasteiger partial charge is 0.161 e. The van der Waals surface area contributed by atoms with Gasteiger partial charge in [-0.25, -0.2) is 0 Å². The molecular formula is C26H38N2O3. The second kappa shape index (κ2) is 12.7. The van der Waals surface area contributed by atoms with Gasteiger partial charge in [-0.3, -0.25) is 0 Å². The lowest BCUT2D eigenvalue weighted by atomic mass is 10.1. The van der Waals surface area contributed by atoms with Crippen molar-refractivity contribution in [2.75, 3.05) is 33.4 Å². The summed E-state index contributed by atoms with van der Waals surface area (Å²) in [4.78, 5) is 2.37. The maximum atomic E-state index is 10.5. The van der Waals surface area contributed by atoms with Gasteiger partial charge >= 0.3 is 0 Å². The number of aryl methyl sites for hydroxylation is 1. The highest BCUT2D eigenvalue weighted by Gasteiger charge is 2.15. The van der Waals surface area contributed by atoms with Crippen molar-refractivity contribution in [3.05, 3.63) is 59.2 Å². The number of ether oxygens (including phenoxy) is 2. The van der Waals surface area contributed by atoms with Crippen molar-refractivity contribution in [1.82, 2.24) is 10.2 Å². The van der Waals surface area contributed by atoms with E-state index in [-0.39, 0.29) is 6.61 Å². The molecule has 0 aromatic heterocycles. The molecule has 0 saturated carbocycles. The summed E-state index contributed by atoms with van der Waals surface area (Å²) in [5, 5.41) is 13.9. The van der Waals surface area contributed by atoms with Crippen molar-refractivity contribution in [3.8, 4) is 11.5 Å². The van der Waals surface area contributed by atoms with Gasteiger partial charge in [0.1, 0.15) is 12.7 Å². The van der Waals surface area contributed by atoms with Crippen LogP contribution in [0.25, 0.3) is 0 Å². The predicted molar refractivity (Wildman–Crippen MR) is 126 cm³/mol. The first-order chi connectivity index (χ1) is 15.1. The van der Waals surface area contributed by atoms with Crippen LogP contribution in [0.2, 0.25) is 0 Å².